The van der Waals surface area contributed by atoms with Crippen LogP contribution in [0.4, 0.5) is 14.5 Å². The van der Waals surface area contributed by atoms with Crippen LogP contribution in [0, 0.1) is 17.8 Å². The molecule has 1 N–H and O–H groups in total. The van der Waals surface area contributed by atoms with Gasteiger partial charge < -0.3 is 19.3 Å². The van der Waals surface area contributed by atoms with Gasteiger partial charge in [-0.3, -0.25) is 4.98 Å². The number of aromatic nitrogens is 3. The molecule has 41 heavy (non-hydrogen) atoms. The number of pyridine rings is 2. The van der Waals surface area contributed by atoms with E-state index in [1.54, 1.807) is 12.1 Å². The number of benzene rings is 1. The summed E-state index contributed by atoms with van der Waals surface area (Å²) in [4.78, 5) is 21.7. The van der Waals surface area contributed by atoms with Crippen LogP contribution in [-0.2, 0) is 0 Å². The molecule has 2 aliphatic carbocycles. The number of aromatic carboxylic acids is 1. The van der Waals surface area contributed by atoms with E-state index in [1.807, 2.05) is 6.07 Å². The van der Waals surface area contributed by atoms with Crippen LogP contribution in [0.1, 0.15) is 40.6 Å². The van der Waals surface area contributed by atoms with E-state index < -0.39 is 12.6 Å². The van der Waals surface area contributed by atoms with Crippen molar-refractivity contribution in [3.8, 4) is 17.0 Å². The third kappa shape index (κ3) is 4.78. The molecular formula is C29H22Cl2F2N4O4. The highest BCUT2D eigenvalue weighted by molar-refractivity contribution is 6.39. The van der Waals surface area contributed by atoms with E-state index in [9.17, 15) is 18.7 Å². The minimum Gasteiger partial charge on any atom is -0.477 e. The standard InChI is InChI=1S/C29H22Cl2F2N4O4/c30-20-9-34-10-21(31)25(20)26-16(27(41-36-26)13-1-2-13)5-4-15-18-11-37(12-19(15)18)14-3-6-22-17(7-14)24(40-29(32)33)8-23(35-22)28(38)39/h3-10,13,15,18-19,29H,1-2,11-12H2,(H,38,39). The zero-order chi connectivity index (χ0) is 28.4. The number of rotatable bonds is 8. The van der Waals surface area contributed by atoms with Crippen molar-refractivity contribution in [2.45, 2.75) is 25.4 Å². The monoisotopic (exact) mass is 598 g/mol. The summed E-state index contributed by atoms with van der Waals surface area (Å²) in [5.74, 6) is 0.923. The van der Waals surface area contributed by atoms with Gasteiger partial charge in [-0.2, -0.15) is 8.78 Å². The van der Waals surface area contributed by atoms with Crippen LogP contribution in [0.25, 0.3) is 28.2 Å². The lowest BCUT2D eigenvalue weighted by Crippen LogP contribution is -2.23. The van der Waals surface area contributed by atoms with Gasteiger partial charge in [-0.05, 0) is 48.8 Å². The van der Waals surface area contributed by atoms with E-state index in [1.165, 1.54) is 12.4 Å². The van der Waals surface area contributed by atoms with Gasteiger partial charge >= 0.3 is 12.6 Å². The van der Waals surface area contributed by atoms with Crippen molar-refractivity contribution in [3.63, 3.8) is 0 Å². The Bertz CT molecular complexity index is 1690. The third-order valence-corrected chi connectivity index (χ3v) is 8.67. The number of carboxylic acid groups (broad SMARTS) is 1. The summed E-state index contributed by atoms with van der Waals surface area (Å²) in [6.07, 6.45) is 9.48. The van der Waals surface area contributed by atoms with Crippen molar-refractivity contribution in [3.05, 3.63) is 69.8 Å². The minimum atomic E-state index is -3.09. The highest BCUT2D eigenvalue weighted by Crippen LogP contribution is 2.54. The lowest BCUT2D eigenvalue weighted by atomic mass is 10.0. The molecule has 210 valence electrons. The summed E-state index contributed by atoms with van der Waals surface area (Å²) in [6, 6.07) is 6.23. The molecule has 0 spiro atoms. The fourth-order valence-corrected chi connectivity index (χ4v) is 6.43. The van der Waals surface area contributed by atoms with E-state index in [0.717, 1.165) is 49.0 Å². The number of hydrogen-bond acceptors (Lipinski definition) is 7. The molecule has 1 aromatic carbocycles. The lowest BCUT2D eigenvalue weighted by Gasteiger charge is -2.22. The number of ether oxygens (including phenoxy) is 1. The van der Waals surface area contributed by atoms with E-state index in [4.69, 9.17) is 27.7 Å². The summed E-state index contributed by atoms with van der Waals surface area (Å²) in [7, 11) is 0. The highest BCUT2D eigenvalue weighted by Gasteiger charge is 2.54. The van der Waals surface area contributed by atoms with Crippen molar-refractivity contribution in [1.82, 2.24) is 15.1 Å². The van der Waals surface area contributed by atoms with Crippen LogP contribution in [-0.4, -0.2) is 45.9 Å². The van der Waals surface area contributed by atoms with Crippen molar-refractivity contribution in [2.75, 3.05) is 18.0 Å². The quantitative estimate of drug-likeness (QED) is 0.228. The Balaban J connectivity index is 1.11. The van der Waals surface area contributed by atoms with Gasteiger partial charge in [0.15, 0.2) is 5.69 Å². The van der Waals surface area contributed by atoms with Gasteiger partial charge in [0.2, 0.25) is 0 Å². The molecule has 1 saturated heterocycles. The van der Waals surface area contributed by atoms with Gasteiger partial charge in [0.05, 0.1) is 15.6 Å². The molecule has 0 amide bonds. The zero-order valence-corrected chi connectivity index (χ0v) is 22.8. The average molecular weight is 599 g/mol. The normalized spacial score (nSPS) is 21.7. The molecule has 2 unspecified atom stereocenters. The first kappa shape index (κ1) is 26.2. The largest absolute Gasteiger partial charge is 0.477 e. The Morgan fingerprint density at radius 3 is 2.54 bits per heavy atom. The molecule has 3 aliphatic rings. The topological polar surface area (TPSA) is 102 Å². The molecule has 8 nitrogen and oxygen atoms in total. The van der Waals surface area contributed by atoms with E-state index in [-0.39, 0.29) is 17.0 Å². The SMILES string of the molecule is O=C(O)c1cc(OC(F)F)c2cc(N3CC4C(C=Cc5c(-c6c(Cl)cncc6Cl)noc5C5CC5)C4C3)ccc2n1. The Labute approximate surface area is 242 Å². The fourth-order valence-electron chi connectivity index (χ4n) is 5.89. The van der Waals surface area contributed by atoms with Gasteiger partial charge in [-0.15, -0.1) is 0 Å². The summed E-state index contributed by atoms with van der Waals surface area (Å²) >= 11 is 12.9. The Morgan fingerprint density at radius 1 is 1.15 bits per heavy atom. The predicted octanol–water partition coefficient (Wildman–Crippen LogP) is 7.16. The number of carbonyl (C=O) groups is 1. The van der Waals surface area contributed by atoms with E-state index in [2.05, 4.69) is 36.9 Å². The molecule has 12 heteroatoms. The smallest absolute Gasteiger partial charge is 0.387 e. The Morgan fingerprint density at radius 2 is 1.88 bits per heavy atom. The number of nitrogens with zero attached hydrogens (tertiary/aromatic N) is 4. The second-order valence-electron chi connectivity index (χ2n) is 10.6. The summed E-state index contributed by atoms with van der Waals surface area (Å²) in [5.41, 5.74) is 2.89. The first-order valence-electron chi connectivity index (χ1n) is 13.1. The number of carboxylic acids is 1. The first-order valence-corrected chi connectivity index (χ1v) is 13.9. The molecule has 0 radical (unpaired) electrons. The number of allylic oxidation sites excluding steroid dienone is 1. The predicted molar refractivity (Wildman–Crippen MR) is 149 cm³/mol. The van der Waals surface area contributed by atoms with Gasteiger partial charge in [0.1, 0.15) is 17.2 Å². The van der Waals surface area contributed by atoms with Crippen molar-refractivity contribution in [2.24, 2.45) is 17.8 Å². The number of halogens is 4. The molecule has 1 aliphatic heterocycles. The van der Waals surface area contributed by atoms with E-state index in [0.29, 0.717) is 50.4 Å². The van der Waals surface area contributed by atoms with Crippen LogP contribution in [0.15, 0.2) is 47.3 Å². The average Bonchev–Trinajstić information content (AvgIpc) is 3.80. The maximum Gasteiger partial charge on any atom is 0.387 e. The Hall–Kier alpha value is -3.76. The van der Waals surface area contributed by atoms with Gasteiger partial charge in [0, 0.05) is 59.7 Å². The maximum atomic E-state index is 13.1. The number of alkyl halides is 2. The van der Waals surface area contributed by atoms with Crippen LogP contribution in [0.2, 0.25) is 10.0 Å². The molecule has 2 saturated carbocycles. The van der Waals surface area contributed by atoms with Crippen molar-refractivity contribution < 1.29 is 27.9 Å². The lowest BCUT2D eigenvalue weighted by molar-refractivity contribution is -0.0489. The minimum absolute atomic E-state index is 0.209. The molecule has 4 aromatic rings. The second kappa shape index (κ2) is 9.95. The Kier molecular flexibility index (Phi) is 6.35. The van der Waals surface area contributed by atoms with Gasteiger partial charge in [-0.25, -0.2) is 9.78 Å². The van der Waals surface area contributed by atoms with Gasteiger partial charge in [-0.1, -0.05) is 40.5 Å². The van der Waals surface area contributed by atoms with Crippen molar-refractivity contribution >= 4 is 51.8 Å². The summed E-state index contributed by atoms with van der Waals surface area (Å²) in [5, 5.41) is 14.8. The fraction of sp³-hybridized carbons (Fsp3) is 0.310. The molecule has 2 atom stereocenters. The van der Waals surface area contributed by atoms with Crippen LogP contribution < -0.4 is 9.64 Å². The third-order valence-electron chi connectivity index (χ3n) is 8.09. The molecular weight excluding hydrogens is 577 g/mol. The van der Waals surface area contributed by atoms with E-state index >= 15 is 0 Å². The number of hydrogen-bond donors (Lipinski definition) is 1. The number of fused-ring (bicyclic) bond motifs is 2. The first-order chi connectivity index (χ1) is 19.8. The van der Waals surface area contributed by atoms with Crippen molar-refractivity contribution in [1.29, 1.82) is 0 Å². The zero-order valence-electron chi connectivity index (χ0n) is 21.3. The maximum absolute atomic E-state index is 13.1. The molecule has 4 heterocycles. The van der Waals surface area contributed by atoms with Gasteiger partial charge in [0.25, 0.3) is 0 Å². The summed E-state index contributed by atoms with van der Waals surface area (Å²) in [6.45, 7) is -1.50. The number of anilines is 1. The molecule has 3 fully saturated rings. The van der Waals surface area contributed by atoms with Crippen LogP contribution in [0.3, 0.4) is 0 Å². The number of piperidine rings is 1. The molecule has 7 rings (SSSR count). The van der Waals surface area contributed by atoms with Crippen LogP contribution in [0.5, 0.6) is 5.75 Å². The second-order valence-corrected chi connectivity index (χ2v) is 11.4. The molecule has 0 bridgehead atoms. The van der Waals surface area contributed by atoms with Crippen LogP contribution >= 0.6 is 23.2 Å². The molecule has 3 aromatic heterocycles. The highest BCUT2D eigenvalue weighted by atomic mass is 35.5. The summed E-state index contributed by atoms with van der Waals surface area (Å²) < 4.78 is 36.5.